The van der Waals surface area contributed by atoms with E-state index in [0.29, 0.717) is 11.1 Å². The number of β-lactam (4-membered cyclic amide) rings is 1. The average molecular weight is 484 g/mol. The van der Waals surface area contributed by atoms with Gasteiger partial charge in [-0.2, -0.15) is 0 Å². The number of nitrogens with one attached hydrogen (secondary N) is 1. The van der Waals surface area contributed by atoms with Gasteiger partial charge >= 0.3 is 5.97 Å². The highest BCUT2D eigenvalue weighted by Gasteiger charge is 2.56. The molecule has 2 amide bonds. The first kappa shape index (κ1) is 23.3. The van der Waals surface area contributed by atoms with E-state index in [4.69, 9.17) is 4.74 Å². The zero-order chi connectivity index (χ0) is 24.4. The molecular weight excluding hydrogens is 462 g/mol. The van der Waals surface area contributed by atoms with Crippen LogP contribution in [0.5, 0.6) is 0 Å². The molecule has 4 rings (SSSR count). The van der Waals surface area contributed by atoms with E-state index in [2.05, 4.69) is 5.32 Å². The Kier molecular flexibility index (Phi) is 6.55. The van der Waals surface area contributed by atoms with Gasteiger partial charge in [-0.3, -0.25) is 28.8 Å². The van der Waals surface area contributed by atoms with Crippen LogP contribution in [0, 0.1) is 10.1 Å². The van der Waals surface area contributed by atoms with E-state index in [0.717, 1.165) is 10.5 Å². The van der Waals surface area contributed by atoms with Gasteiger partial charge in [-0.05, 0) is 35.8 Å². The van der Waals surface area contributed by atoms with Crippen molar-refractivity contribution < 1.29 is 28.3 Å². The second kappa shape index (κ2) is 9.56. The number of nitro groups is 1. The summed E-state index contributed by atoms with van der Waals surface area (Å²) in [5.74, 6) is -1.60. The van der Waals surface area contributed by atoms with Crippen LogP contribution in [0.4, 0.5) is 5.69 Å². The second-order valence-corrected chi connectivity index (χ2v) is 9.49. The van der Waals surface area contributed by atoms with Crippen molar-refractivity contribution in [1.29, 1.82) is 0 Å². The van der Waals surface area contributed by atoms with Crippen LogP contribution >= 0.6 is 0 Å². The molecule has 2 aromatic rings. The third-order valence-electron chi connectivity index (χ3n) is 5.55. The second-order valence-electron chi connectivity index (χ2n) is 7.96. The van der Waals surface area contributed by atoms with Crippen molar-refractivity contribution in [3.8, 4) is 0 Å². The zero-order valence-electron chi connectivity index (χ0n) is 18.1. The predicted octanol–water partition coefficient (Wildman–Crippen LogP) is 1.57. The number of hydrogen-bond acceptors (Lipinski definition) is 7. The largest absolute Gasteiger partial charge is 0.456 e. The number of ether oxygens (including phenoxy) is 1. The summed E-state index contributed by atoms with van der Waals surface area (Å²) < 4.78 is 18.0. The summed E-state index contributed by atoms with van der Waals surface area (Å²) in [6, 6.07) is 13.6. The summed E-state index contributed by atoms with van der Waals surface area (Å²) >= 11 is 0. The number of hydrogen-bond donors (Lipinski definition) is 1. The maximum atomic E-state index is 12.8. The fourth-order valence-corrected chi connectivity index (χ4v) is 5.55. The molecular formula is C23H21N3O7S. The van der Waals surface area contributed by atoms with Gasteiger partial charge in [0.15, 0.2) is 0 Å². The van der Waals surface area contributed by atoms with Crippen molar-refractivity contribution in [3.63, 3.8) is 0 Å². The number of carbonyl (C=O) groups excluding carboxylic acids is 3. The molecule has 1 saturated heterocycles. The van der Waals surface area contributed by atoms with E-state index >= 15 is 0 Å². The van der Waals surface area contributed by atoms with Crippen LogP contribution < -0.4 is 5.32 Å². The van der Waals surface area contributed by atoms with Crippen LogP contribution in [-0.4, -0.2) is 49.0 Å². The monoisotopic (exact) mass is 483 g/mol. The number of nitro benzene ring substituents is 1. The minimum atomic E-state index is -1.50. The van der Waals surface area contributed by atoms with Gasteiger partial charge in [0.25, 0.3) is 11.6 Å². The summed E-state index contributed by atoms with van der Waals surface area (Å²) in [4.78, 5) is 49.4. The number of esters is 1. The lowest BCUT2D eigenvalue weighted by molar-refractivity contribution is -0.384. The average Bonchev–Trinajstić information content (AvgIpc) is 2.81. The quantitative estimate of drug-likeness (QED) is 0.273. The molecule has 11 heteroatoms. The van der Waals surface area contributed by atoms with Crippen molar-refractivity contribution in [3.05, 3.63) is 87.1 Å². The summed E-state index contributed by atoms with van der Waals surface area (Å²) in [6.45, 7) is 1.45. The number of fused-ring (bicyclic) bond motifs is 1. The highest BCUT2D eigenvalue weighted by molar-refractivity contribution is 7.86. The Morgan fingerprint density at radius 1 is 1.15 bits per heavy atom. The van der Waals surface area contributed by atoms with Crippen LogP contribution in [0.1, 0.15) is 18.1 Å². The molecule has 0 bridgehead atoms. The Labute approximate surface area is 197 Å². The Hall–Kier alpha value is -3.86. The molecule has 0 saturated carbocycles. The number of nitrogens with zero attached hydrogens (tertiary/aromatic N) is 2. The van der Waals surface area contributed by atoms with Crippen molar-refractivity contribution in [2.24, 2.45) is 0 Å². The number of carbonyl (C=O) groups is 3. The molecule has 34 heavy (non-hydrogen) atoms. The van der Waals surface area contributed by atoms with Gasteiger partial charge in [0, 0.05) is 17.9 Å². The molecule has 3 atom stereocenters. The van der Waals surface area contributed by atoms with Gasteiger partial charge in [-0.25, -0.2) is 4.79 Å². The van der Waals surface area contributed by atoms with E-state index in [9.17, 15) is 28.7 Å². The van der Waals surface area contributed by atoms with Crippen LogP contribution in [0.25, 0.3) is 0 Å². The molecule has 2 aliphatic rings. The molecule has 0 aliphatic carbocycles. The first-order chi connectivity index (χ1) is 16.3. The molecule has 1 fully saturated rings. The van der Waals surface area contributed by atoms with E-state index in [-0.39, 0.29) is 36.1 Å². The SMILES string of the molecule is CC1=C(C(=O)OCc2ccc([N+](=O)[O-])cc2)N2C(=O)[C@@H](NC(=O)Cc3ccccc3)[C@H]2S(=O)C1. The smallest absolute Gasteiger partial charge is 0.355 e. The third kappa shape index (κ3) is 4.60. The van der Waals surface area contributed by atoms with E-state index < -0.39 is 39.0 Å². The van der Waals surface area contributed by atoms with Gasteiger partial charge in [-0.15, -0.1) is 0 Å². The number of non-ortho nitro benzene ring substituents is 1. The van der Waals surface area contributed by atoms with Crippen LogP contribution in [-0.2, 0) is 42.9 Å². The fraction of sp³-hybridized carbons (Fsp3) is 0.261. The normalized spacial score (nSPS) is 21.4. The van der Waals surface area contributed by atoms with Crippen LogP contribution in [0.15, 0.2) is 65.9 Å². The highest BCUT2D eigenvalue weighted by atomic mass is 32.2. The summed E-state index contributed by atoms with van der Waals surface area (Å²) in [6.07, 6.45) is 0.0724. The van der Waals surface area contributed by atoms with Crippen LogP contribution in [0.3, 0.4) is 0 Å². The molecule has 10 nitrogen and oxygen atoms in total. The van der Waals surface area contributed by atoms with Gasteiger partial charge in [0.2, 0.25) is 5.91 Å². The Bertz CT molecular complexity index is 1210. The molecule has 2 heterocycles. The van der Waals surface area contributed by atoms with Gasteiger partial charge in [0.05, 0.1) is 22.1 Å². The van der Waals surface area contributed by atoms with Crippen molar-refractivity contribution in [1.82, 2.24) is 10.2 Å². The van der Waals surface area contributed by atoms with E-state index in [1.165, 1.54) is 24.3 Å². The molecule has 2 aliphatic heterocycles. The Morgan fingerprint density at radius 2 is 1.82 bits per heavy atom. The molecule has 0 aromatic heterocycles. The molecule has 2 aromatic carbocycles. The third-order valence-corrected chi connectivity index (χ3v) is 7.29. The van der Waals surface area contributed by atoms with Crippen molar-refractivity contribution in [2.45, 2.75) is 31.4 Å². The molecule has 1 N–H and O–H groups in total. The number of amides is 2. The summed E-state index contributed by atoms with van der Waals surface area (Å²) in [5, 5.41) is 12.6. The first-order valence-corrected chi connectivity index (χ1v) is 11.8. The standard InChI is InChI=1S/C23H21N3O7S/c1-14-13-34(32)22-19(24-18(27)11-15-5-3-2-4-6-15)21(28)25(22)20(14)23(29)33-12-16-7-9-17(10-8-16)26(30)31/h2-10,19,22H,11-13H2,1H3,(H,24,27)/t19-,22-,34?/m1/s1. The Morgan fingerprint density at radius 3 is 2.47 bits per heavy atom. The topological polar surface area (TPSA) is 136 Å². The lowest BCUT2D eigenvalue weighted by Gasteiger charge is -2.49. The lowest BCUT2D eigenvalue weighted by atomic mass is 10.0. The molecule has 0 radical (unpaired) electrons. The van der Waals surface area contributed by atoms with Gasteiger partial charge < -0.3 is 10.1 Å². The molecule has 0 spiro atoms. The highest BCUT2D eigenvalue weighted by Crippen LogP contribution is 2.35. The Balaban J connectivity index is 1.42. The van der Waals surface area contributed by atoms with Crippen LogP contribution in [0.2, 0.25) is 0 Å². The maximum absolute atomic E-state index is 12.8. The van der Waals surface area contributed by atoms with Crippen molar-refractivity contribution >= 4 is 34.3 Å². The maximum Gasteiger partial charge on any atom is 0.355 e. The first-order valence-electron chi connectivity index (χ1n) is 10.4. The van der Waals surface area contributed by atoms with Gasteiger partial charge in [-0.1, -0.05) is 30.3 Å². The van der Waals surface area contributed by atoms with E-state index in [1.54, 1.807) is 31.2 Å². The molecule has 176 valence electrons. The minimum absolute atomic E-state index is 0.0186. The summed E-state index contributed by atoms with van der Waals surface area (Å²) in [5.41, 5.74) is 1.70. The predicted molar refractivity (Wildman–Crippen MR) is 121 cm³/mol. The fourth-order valence-electron chi connectivity index (χ4n) is 3.89. The number of rotatable bonds is 7. The van der Waals surface area contributed by atoms with Gasteiger partial charge in [0.1, 0.15) is 23.7 Å². The number of benzene rings is 2. The molecule has 1 unspecified atom stereocenters. The summed E-state index contributed by atoms with van der Waals surface area (Å²) in [7, 11) is -1.50. The minimum Gasteiger partial charge on any atom is -0.456 e. The van der Waals surface area contributed by atoms with Crippen molar-refractivity contribution in [2.75, 3.05) is 5.75 Å². The van der Waals surface area contributed by atoms with E-state index in [1.807, 2.05) is 6.07 Å². The zero-order valence-corrected chi connectivity index (χ0v) is 18.9. The lowest BCUT2D eigenvalue weighted by Crippen LogP contribution is -2.73.